The van der Waals surface area contributed by atoms with Gasteiger partial charge in [-0.3, -0.25) is 4.90 Å². The summed E-state index contributed by atoms with van der Waals surface area (Å²) in [6, 6.07) is 19.5. The molecule has 2 heterocycles. The van der Waals surface area contributed by atoms with E-state index in [0.29, 0.717) is 25.4 Å². The van der Waals surface area contributed by atoms with E-state index < -0.39 is 16.1 Å². The molecule has 2 aromatic carbocycles. The van der Waals surface area contributed by atoms with Crippen molar-refractivity contribution in [2.24, 2.45) is 0 Å². The van der Waals surface area contributed by atoms with Crippen molar-refractivity contribution in [2.45, 2.75) is 11.3 Å². The normalized spacial score (nSPS) is 13.9. The van der Waals surface area contributed by atoms with Gasteiger partial charge in [-0.15, -0.1) is 0 Å². The Morgan fingerprint density at radius 2 is 1.77 bits per heavy atom. The molecule has 10 heteroatoms. The molecule has 1 aliphatic rings. The maximum absolute atomic E-state index is 12.6. The Hall–Kier alpha value is -3.47. The van der Waals surface area contributed by atoms with Gasteiger partial charge in [0.15, 0.2) is 0 Å². The molecule has 0 unspecified atom stereocenters. The smallest absolute Gasteiger partial charge is 0.410 e. The van der Waals surface area contributed by atoms with Crippen LogP contribution in [0.25, 0.3) is 0 Å². The van der Waals surface area contributed by atoms with Crippen molar-refractivity contribution in [3.63, 3.8) is 0 Å². The summed E-state index contributed by atoms with van der Waals surface area (Å²) in [4.78, 5) is 20.3. The van der Waals surface area contributed by atoms with Crippen molar-refractivity contribution in [2.75, 3.05) is 49.7 Å². The Bertz CT molecular complexity index is 1210. The van der Waals surface area contributed by atoms with Crippen molar-refractivity contribution < 1.29 is 22.7 Å². The SMILES string of the molecule is CN(C(=O)Oc1ccc(CCNS(=O)(=O)c2ccc(N3CCOCC3)nc2)cc1)c1ccccc1. The summed E-state index contributed by atoms with van der Waals surface area (Å²) in [6.07, 6.45) is 1.37. The van der Waals surface area contributed by atoms with E-state index in [1.54, 1.807) is 43.4 Å². The van der Waals surface area contributed by atoms with Crippen LogP contribution in [0.2, 0.25) is 0 Å². The van der Waals surface area contributed by atoms with Gasteiger partial charge in [-0.1, -0.05) is 30.3 Å². The predicted molar refractivity (Wildman–Crippen MR) is 133 cm³/mol. The number of pyridine rings is 1. The molecule has 0 saturated carbocycles. The molecule has 1 saturated heterocycles. The van der Waals surface area contributed by atoms with Crippen molar-refractivity contribution >= 4 is 27.6 Å². The highest BCUT2D eigenvalue weighted by Crippen LogP contribution is 2.18. The third-order valence-corrected chi connectivity index (χ3v) is 7.06. The molecule has 0 aliphatic carbocycles. The zero-order valence-corrected chi connectivity index (χ0v) is 20.3. The number of hydrogen-bond acceptors (Lipinski definition) is 7. The monoisotopic (exact) mass is 496 g/mol. The summed E-state index contributed by atoms with van der Waals surface area (Å²) in [5, 5.41) is 0. The molecule has 184 valence electrons. The molecule has 0 atom stereocenters. The van der Waals surface area contributed by atoms with Crippen LogP contribution in [0.4, 0.5) is 16.3 Å². The number of aromatic nitrogens is 1. The summed E-state index contributed by atoms with van der Waals surface area (Å²) in [5.41, 5.74) is 1.64. The molecule has 9 nitrogen and oxygen atoms in total. The lowest BCUT2D eigenvalue weighted by molar-refractivity contribution is 0.122. The van der Waals surface area contributed by atoms with E-state index in [2.05, 4.69) is 14.6 Å². The maximum atomic E-state index is 12.6. The van der Waals surface area contributed by atoms with E-state index >= 15 is 0 Å². The topological polar surface area (TPSA) is 101 Å². The zero-order valence-electron chi connectivity index (χ0n) is 19.5. The zero-order chi connectivity index (χ0) is 24.7. The van der Waals surface area contributed by atoms with E-state index in [9.17, 15) is 13.2 Å². The van der Waals surface area contributed by atoms with Crippen LogP contribution in [0.15, 0.2) is 77.8 Å². The number of amides is 1. The lowest BCUT2D eigenvalue weighted by Gasteiger charge is -2.27. The van der Waals surface area contributed by atoms with E-state index in [4.69, 9.17) is 9.47 Å². The highest BCUT2D eigenvalue weighted by molar-refractivity contribution is 7.89. The van der Waals surface area contributed by atoms with Gasteiger partial charge in [-0.05, 0) is 48.4 Å². The fourth-order valence-corrected chi connectivity index (χ4v) is 4.55. The van der Waals surface area contributed by atoms with Gasteiger partial charge >= 0.3 is 6.09 Å². The Kier molecular flexibility index (Phi) is 7.96. The lowest BCUT2D eigenvalue weighted by atomic mass is 10.1. The largest absolute Gasteiger partial charge is 0.419 e. The molecule has 0 bridgehead atoms. The highest BCUT2D eigenvalue weighted by Gasteiger charge is 2.17. The molecule has 1 N–H and O–H groups in total. The van der Waals surface area contributed by atoms with Crippen molar-refractivity contribution in [3.05, 3.63) is 78.5 Å². The van der Waals surface area contributed by atoms with Gasteiger partial charge in [-0.25, -0.2) is 22.9 Å². The van der Waals surface area contributed by atoms with Crippen molar-refractivity contribution in [3.8, 4) is 5.75 Å². The molecule has 1 amide bonds. The third kappa shape index (κ3) is 6.56. The second-order valence-corrected chi connectivity index (χ2v) is 9.77. The molecule has 1 aromatic heterocycles. The standard InChI is InChI=1S/C25H28N4O5S/c1-28(21-5-3-2-4-6-21)25(30)34-22-9-7-20(8-10-22)13-14-27-35(31,32)23-11-12-24(26-19-23)29-15-17-33-18-16-29/h2-12,19,27H,13-18H2,1H3. The van der Waals surface area contributed by atoms with Crippen LogP contribution in [-0.2, 0) is 21.2 Å². The number of rotatable bonds is 8. The molecule has 4 rings (SSSR count). The number of hydrogen-bond donors (Lipinski definition) is 1. The van der Waals surface area contributed by atoms with Gasteiger partial charge in [0.05, 0.1) is 13.2 Å². The lowest BCUT2D eigenvalue weighted by Crippen LogP contribution is -2.36. The number of carbonyl (C=O) groups excluding carboxylic acids is 1. The fourth-order valence-electron chi connectivity index (χ4n) is 3.57. The number of nitrogens with zero attached hydrogens (tertiary/aromatic N) is 3. The third-order valence-electron chi connectivity index (χ3n) is 5.62. The average molecular weight is 497 g/mol. The minimum Gasteiger partial charge on any atom is -0.410 e. The van der Waals surface area contributed by atoms with Gasteiger partial charge < -0.3 is 14.4 Å². The van der Waals surface area contributed by atoms with Gasteiger partial charge in [-0.2, -0.15) is 0 Å². The first-order valence-corrected chi connectivity index (χ1v) is 12.8. The number of benzene rings is 2. The summed E-state index contributed by atoms with van der Waals surface area (Å²) < 4.78 is 38.6. The van der Waals surface area contributed by atoms with Gasteiger partial charge in [0.25, 0.3) is 0 Å². The van der Waals surface area contributed by atoms with E-state index in [-0.39, 0.29) is 11.4 Å². The van der Waals surface area contributed by atoms with Gasteiger partial charge in [0.2, 0.25) is 10.0 Å². The van der Waals surface area contributed by atoms with Crippen LogP contribution >= 0.6 is 0 Å². The number of sulfonamides is 1. The Morgan fingerprint density at radius 1 is 1.06 bits per heavy atom. The Balaban J connectivity index is 1.27. The van der Waals surface area contributed by atoms with Crippen LogP contribution in [0.3, 0.4) is 0 Å². The summed E-state index contributed by atoms with van der Waals surface area (Å²) in [7, 11) is -2.03. The van der Waals surface area contributed by atoms with Crippen LogP contribution in [0.1, 0.15) is 5.56 Å². The number of nitrogens with one attached hydrogen (secondary N) is 1. The number of ether oxygens (including phenoxy) is 2. The van der Waals surface area contributed by atoms with Crippen LogP contribution < -0.4 is 19.3 Å². The first kappa shape index (κ1) is 24.6. The highest BCUT2D eigenvalue weighted by atomic mass is 32.2. The molecular weight excluding hydrogens is 468 g/mol. The van der Waals surface area contributed by atoms with Gasteiger partial charge in [0.1, 0.15) is 16.5 Å². The quantitative estimate of drug-likeness (QED) is 0.511. The molecule has 0 spiro atoms. The molecule has 1 fully saturated rings. The van der Waals surface area contributed by atoms with Crippen LogP contribution in [0.5, 0.6) is 5.75 Å². The summed E-state index contributed by atoms with van der Waals surface area (Å²) in [6.45, 7) is 2.97. The van der Waals surface area contributed by atoms with E-state index in [0.717, 1.165) is 30.2 Å². The van der Waals surface area contributed by atoms with Crippen molar-refractivity contribution in [1.29, 1.82) is 0 Å². The Labute approximate surface area is 205 Å². The molecule has 1 aliphatic heterocycles. The summed E-state index contributed by atoms with van der Waals surface area (Å²) in [5.74, 6) is 1.15. The predicted octanol–water partition coefficient (Wildman–Crippen LogP) is 3.07. The Morgan fingerprint density at radius 3 is 2.43 bits per heavy atom. The van der Waals surface area contributed by atoms with Crippen LogP contribution in [-0.4, -0.2) is 59.4 Å². The number of morpholine rings is 1. The van der Waals surface area contributed by atoms with Crippen molar-refractivity contribution in [1.82, 2.24) is 9.71 Å². The fraction of sp³-hybridized carbons (Fsp3) is 0.280. The summed E-state index contributed by atoms with van der Waals surface area (Å²) >= 11 is 0. The second kappa shape index (κ2) is 11.3. The minimum absolute atomic E-state index is 0.124. The molecule has 0 radical (unpaired) electrons. The number of anilines is 2. The van der Waals surface area contributed by atoms with Gasteiger partial charge in [0, 0.05) is 38.6 Å². The molecule has 3 aromatic rings. The second-order valence-electron chi connectivity index (χ2n) is 8.01. The molecular formula is C25H28N4O5S. The average Bonchev–Trinajstić information content (AvgIpc) is 2.90. The first-order valence-electron chi connectivity index (χ1n) is 11.3. The number of carbonyl (C=O) groups is 1. The molecule has 35 heavy (non-hydrogen) atoms. The van der Waals surface area contributed by atoms with Crippen LogP contribution in [0, 0.1) is 0 Å². The van der Waals surface area contributed by atoms with E-state index in [1.807, 2.05) is 30.3 Å². The number of para-hydroxylation sites is 1. The minimum atomic E-state index is -3.67. The van der Waals surface area contributed by atoms with E-state index in [1.165, 1.54) is 11.1 Å². The first-order chi connectivity index (χ1) is 16.9. The maximum Gasteiger partial charge on any atom is 0.419 e.